The summed E-state index contributed by atoms with van der Waals surface area (Å²) in [5.74, 6) is 0.697. The predicted molar refractivity (Wildman–Crippen MR) is 137 cm³/mol. The van der Waals surface area contributed by atoms with Crippen LogP contribution in [0.1, 0.15) is 106 Å². The Bertz CT molecular complexity index is 924. The van der Waals surface area contributed by atoms with Crippen LogP contribution < -0.4 is 0 Å². The van der Waals surface area contributed by atoms with Crippen molar-refractivity contribution in [3.63, 3.8) is 0 Å². The van der Waals surface area contributed by atoms with E-state index in [9.17, 15) is 19.2 Å². The van der Waals surface area contributed by atoms with E-state index in [1.807, 2.05) is 19.9 Å². The number of aryl methyl sites for hydroxylation is 2. The Balaban J connectivity index is 2.22. The van der Waals surface area contributed by atoms with Crippen molar-refractivity contribution in [2.24, 2.45) is 17.8 Å². The van der Waals surface area contributed by atoms with Crippen LogP contribution in [-0.2, 0) is 27.2 Å². The molecule has 0 saturated carbocycles. The number of Topliss-reactive ketones (excluding diaryl/α,β-unsaturated/α-hetero) is 4. The molecule has 3 atom stereocenters. The van der Waals surface area contributed by atoms with E-state index < -0.39 is 0 Å². The third-order valence-electron chi connectivity index (χ3n) is 7.16. The Morgan fingerprint density at radius 3 is 2.41 bits per heavy atom. The lowest BCUT2D eigenvalue weighted by atomic mass is 9.71. The van der Waals surface area contributed by atoms with E-state index in [1.54, 1.807) is 6.92 Å². The summed E-state index contributed by atoms with van der Waals surface area (Å²) in [7, 11) is 0. The van der Waals surface area contributed by atoms with E-state index in [-0.39, 0.29) is 47.3 Å². The molecule has 0 radical (unpaired) electrons. The minimum Gasteiger partial charge on any atom is -0.300 e. The SMILES string of the molecule is CCCC(CC1CC(=O)c2c(C)ccc(CCC=CCC(C)=O)c2C1)C(CC)C(=O)CC(C)=O. The third kappa shape index (κ3) is 7.85. The van der Waals surface area contributed by atoms with Crippen LogP contribution in [0.2, 0.25) is 0 Å². The van der Waals surface area contributed by atoms with E-state index in [1.165, 1.54) is 18.1 Å². The second-order valence-corrected chi connectivity index (χ2v) is 10.2. The van der Waals surface area contributed by atoms with Crippen LogP contribution in [0, 0.1) is 24.7 Å². The summed E-state index contributed by atoms with van der Waals surface area (Å²) in [4.78, 5) is 48.7. The maximum atomic E-state index is 13.2. The van der Waals surface area contributed by atoms with E-state index >= 15 is 0 Å². The lowest BCUT2D eigenvalue weighted by Gasteiger charge is -2.32. The summed E-state index contributed by atoms with van der Waals surface area (Å²) in [5.41, 5.74) is 4.34. The third-order valence-corrected chi connectivity index (χ3v) is 7.16. The molecule has 1 aromatic rings. The molecule has 0 amide bonds. The van der Waals surface area contributed by atoms with Gasteiger partial charge in [0.05, 0.1) is 6.42 Å². The van der Waals surface area contributed by atoms with Crippen LogP contribution in [0.5, 0.6) is 0 Å². The summed E-state index contributed by atoms with van der Waals surface area (Å²) in [5, 5.41) is 0. The van der Waals surface area contributed by atoms with E-state index in [0.717, 1.165) is 56.1 Å². The summed E-state index contributed by atoms with van der Waals surface area (Å²) in [6, 6.07) is 4.20. The largest absolute Gasteiger partial charge is 0.300 e. The van der Waals surface area contributed by atoms with E-state index in [4.69, 9.17) is 0 Å². The van der Waals surface area contributed by atoms with Gasteiger partial charge in [-0.25, -0.2) is 0 Å². The molecule has 4 heteroatoms. The monoisotopic (exact) mass is 466 g/mol. The van der Waals surface area contributed by atoms with Crippen LogP contribution in [0.3, 0.4) is 0 Å². The summed E-state index contributed by atoms with van der Waals surface area (Å²) in [6.07, 6.45) is 11.1. The maximum absolute atomic E-state index is 13.2. The zero-order chi connectivity index (χ0) is 25.3. The zero-order valence-corrected chi connectivity index (χ0v) is 21.7. The van der Waals surface area contributed by atoms with Crippen molar-refractivity contribution in [1.82, 2.24) is 0 Å². The van der Waals surface area contributed by atoms with Gasteiger partial charge in [-0.3, -0.25) is 19.2 Å². The zero-order valence-electron chi connectivity index (χ0n) is 21.7. The van der Waals surface area contributed by atoms with Crippen molar-refractivity contribution in [1.29, 1.82) is 0 Å². The van der Waals surface area contributed by atoms with Gasteiger partial charge in [0.25, 0.3) is 0 Å². The predicted octanol–water partition coefficient (Wildman–Crippen LogP) is 6.59. The Morgan fingerprint density at radius 1 is 1.06 bits per heavy atom. The maximum Gasteiger partial charge on any atom is 0.163 e. The molecule has 2 rings (SSSR count). The van der Waals surface area contributed by atoms with Crippen molar-refractivity contribution < 1.29 is 19.2 Å². The molecule has 186 valence electrons. The van der Waals surface area contributed by atoms with Crippen LogP contribution in [0.15, 0.2) is 24.3 Å². The average Bonchev–Trinajstić information content (AvgIpc) is 2.74. The molecule has 1 aliphatic carbocycles. The fourth-order valence-electron chi connectivity index (χ4n) is 5.64. The lowest BCUT2D eigenvalue weighted by Crippen LogP contribution is -2.30. The number of carbonyl (C=O) groups excluding carboxylic acids is 4. The highest BCUT2D eigenvalue weighted by atomic mass is 16.1. The topological polar surface area (TPSA) is 68.3 Å². The first-order valence-electron chi connectivity index (χ1n) is 13.0. The van der Waals surface area contributed by atoms with Gasteiger partial charge in [-0.15, -0.1) is 0 Å². The van der Waals surface area contributed by atoms with Crippen molar-refractivity contribution in [3.8, 4) is 0 Å². The van der Waals surface area contributed by atoms with Gasteiger partial charge in [0.2, 0.25) is 0 Å². The first kappa shape index (κ1) is 27.9. The van der Waals surface area contributed by atoms with E-state index in [2.05, 4.69) is 25.1 Å². The van der Waals surface area contributed by atoms with Gasteiger partial charge in [0, 0.05) is 24.3 Å². The minimum absolute atomic E-state index is 0.0195. The number of fused-ring (bicyclic) bond motifs is 1. The summed E-state index contributed by atoms with van der Waals surface area (Å²) < 4.78 is 0. The fourth-order valence-corrected chi connectivity index (χ4v) is 5.64. The Morgan fingerprint density at radius 2 is 1.79 bits per heavy atom. The number of rotatable bonds is 14. The van der Waals surface area contributed by atoms with Gasteiger partial charge >= 0.3 is 0 Å². The van der Waals surface area contributed by atoms with Gasteiger partial charge in [-0.05, 0) is 81.4 Å². The fraction of sp³-hybridized carbons (Fsp3) is 0.600. The van der Waals surface area contributed by atoms with Crippen LogP contribution in [0.4, 0.5) is 0 Å². The number of ketones is 4. The molecular formula is C30H42O4. The van der Waals surface area contributed by atoms with Gasteiger partial charge < -0.3 is 0 Å². The summed E-state index contributed by atoms with van der Waals surface area (Å²) >= 11 is 0. The Kier molecular flexibility index (Phi) is 11.1. The first-order chi connectivity index (χ1) is 16.2. The number of carbonyl (C=O) groups is 4. The molecule has 4 nitrogen and oxygen atoms in total. The van der Waals surface area contributed by atoms with Crippen LogP contribution in [-0.4, -0.2) is 23.1 Å². The molecule has 0 N–H and O–H groups in total. The average molecular weight is 467 g/mol. The van der Waals surface area contributed by atoms with Crippen molar-refractivity contribution in [3.05, 3.63) is 46.5 Å². The molecule has 0 fully saturated rings. The molecule has 1 aromatic carbocycles. The van der Waals surface area contributed by atoms with Gasteiger partial charge in [-0.1, -0.05) is 51.0 Å². The molecule has 0 aliphatic heterocycles. The Hall–Kier alpha value is -2.36. The minimum atomic E-state index is -0.108. The molecule has 34 heavy (non-hydrogen) atoms. The quantitative estimate of drug-likeness (QED) is 0.229. The number of allylic oxidation sites excluding steroid dienone is 2. The molecule has 0 bridgehead atoms. The molecule has 3 unspecified atom stereocenters. The number of hydrogen-bond donors (Lipinski definition) is 0. The highest BCUT2D eigenvalue weighted by molar-refractivity contribution is 6.00. The molecule has 0 aromatic heterocycles. The van der Waals surface area contributed by atoms with Gasteiger partial charge in [-0.2, -0.15) is 0 Å². The second kappa shape index (κ2) is 13.5. The molecule has 0 spiro atoms. The van der Waals surface area contributed by atoms with Crippen LogP contribution >= 0.6 is 0 Å². The molecular weight excluding hydrogens is 424 g/mol. The van der Waals surface area contributed by atoms with Crippen molar-refractivity contribution in [2.45, 2.75) is 98.8 Å². The van der Waals surface area contributed by atoms with Gasteiger partial charge in [0.1, 0.15) is 17.3 Å². The smallest absolute Gasteiger partial charge is 0.163 e. The normalized spacial score (nSPS) is 17.4. The second-order valence-electron chi connectivity index (χ2n) is 10.2. The highest BCUT2D eigenvalue weighted by Gasteiger charge is 2.33. The van der Waals surface area contributed by atoms with E-state index in [0.29, 0.717) is 12.8 Å². The van der Waals surface area contributed by atoms with Crippen LogP contribution in [0.25, 0.3) is 0 Å². The number of benzene rings is 1. The molecule has 0 saturated heterocycles. The first-order valence-corrected chi connectivity index (χ1v) is 13.0. The Labute approximate surface area is 205 Å². The number of hydrogen-bond acceptors (Lipinski definition) is 4. The van der Waals surface area contributed by atoms with Crippen molar-refractivity contribution >= 4 is 23.1 Å². The standard InChI is InChI=1S/C30H42O4/c1-6-11-25(26(7-2)28(33)16-22(5)32)17-23-18-27-24(13-10-8-9-12-21(4)31)15-14-20(3)30(27)29(34)19-23/h8-9,14-15,23,25-26H,6-7,10-13,16-19H2,1-5H3. The van der Waals surface area contributed by atoms with Crippen molar-refractivity contribution in [2.75, 3.05) is 0 Å². The lowest BCUT2D eigenvalue weighted by molar-refractivity contribution is -0.130. The van der Waals surface area contributed by atoms with Gasteiger partial charge in [0.15, 0.2) is 5.78 Å². The molecule has 1 aliphatic rings. The summed E-state index contributed by atoms with van der Waals surface area (Å²) in [6.45, 7) is 9.26. The highest BCUT2D eigenvalue weighted by Crippen LogP contribution is 2.37. The molecule has 0 heterocycles.